The highest BCUT2D eigenvalue weighted by molar-refractivity contribution is 5.70. The van der Waals surface area contributed by atoms with Gasteiger partial charge in [0, 0.05) is 12.8 Å². The highest BCUT2D eigenvalue weighted by Crippen LogP contribution is 2.22. The Labute approximate surface area is 245 Å². The number of esters is 2. The number of rotatable bonds is 24. The second kappa shape index (κ2) is 23.7. The Hall–Kier alpha value is -1.82. The number of carbonyl (C=O) groups is 2. The predicted molar refractivity (Wildman–Crippen MR) is 155 cm³/mol. The van der Waals surface area contributed by atoms with E-state index in [1.54, 1.807) is 0 Å². The zero-order chi connectivity index (χ0) is 30.3. The van der Waals surface area contributed by atoms with Crippen molar-refractivity contribution < 1.29 is 49.0 Å². The first kappa shape index (κ1) is 37.2. The van der Waals surface area contributed by atoms with Gasteiger partial charge < -0.3 is 39.4 Å². The highest BCUT2D eigenvalue weighted by Gasteiger charge is 2.44. The van der Waals surface area contributed by atoms with Gasteiger partial charge in [-0.25, -0.2) is 0 Å². The standard InChI is InChI=1S/C31H54O10/c1-3-5-7-9-11-12-13-14-16-18-20-27(34)40-24(22-38-26(33)19-17-15-10-8-6-4-2)23-39-31-30(37)29(36)28(35)25(21-32)41-31/h3,7,9,24-25,28-32,35-37H,1,4-6,8,10-23H2,2H3/b9-7+/t24-,25-,28+,29+,30-,31-/m1/s1. The van der Waals surface area contributed by atoms with Crippen molar-refractivity contribution in [3.8, 4) is 0 Å². The average molecular weight is 587 g/mol. The van der Waals surface area contributed by atoms with E-state index in [9.17, 15) is 30.0 Å². The van der Waals surface area contributed by atoms with Gasteiger partial charge in [-0.05, 0) is 32.1 Å². The normalized spacial score (nSPS) is 23.4. The molecule has 0 aromatic carbocycles. The summed E-state index contributed by atoms with van der Waals surface area (Å²) >= 11 is 0. The fraction of sp³-hybridized carbons (Fsp3) is 0.806. The van der Waals surface area contributed by atoms with E-state index >= 15 is 0 Å². The van der Waals surface area contributed by atoms with Crippen LogP contribution >= 0.6 is 0 Å². The second-order valence-electron chi connectivity index (χ2n) is 10.6. The number of carbonyl (C=O) groups excluding carboxylic acids is 2. The minimum Gasteiger partial charge on any atom is -0.462 e. The van der Waals surface area contributed by atoms with E-state index in [4.69, 9.17) is 18.9 Å². The number of allylic oxidation sites excluding steroid dienone is 3. The largest absolute Gasteiger partial charge is 0.462 e. The third-order valence-corrected chi connectivity index (χ3v) is 6.98. The van der Waals surface area contributed by atoms with Crippen molar-refractivity contribution in [1.82, 2.24) is 0 Å². The summed E-state index contributed by atoms with van der Waals surface area (Å²) in [6.07, 6.45) is 11.3. The van der Waals surface area contributed by atoms with Crippen LogP contribution in [0.1, 0.15) is 103 Å². The lowest BCUT2D eigenvalue weighted by atomic mass is 9.99. The molecule has 0 aliphatic carbocycles. The zero-order valence-electron chi connectivity index (χ0n) is 24.9. The Morgan fingerprint density at radius 2 is 1.46 bits per heavy atom. The monoisotopic (exact) mass is 586 g/mol. The lowest BCUT2D eigenvalue weighted by Gasteiger charge is -2.39. The summed E-state index contributed by atoms with van der Waals surface area (Å²) in [5.74, 6) is -0.847. The minimum atomic E-state index is -1.59. The number of hydrogen-bond acceptors (Lipinski definition) is 10. The van der Waals surface area contributed by atoms with Crippen LogP contribution in [0, 0.1) is 0 Å². The first-order chi connectivity index (χ1) is 19.8. The molecule has 10 heteroatoms. The quantitative estimate of drug-likeness (QED) is 0.0745. The van der Waals surface area contributed by atoms with Crippen LogP contribution < -0.4 is 0 Å². The van der Waals surface area contributed by atoms with E-state index in [1.165, 1.54) is 6.42 Å². The van der Waals surface area contributed by atoms with Crippen molar-refractivity contribution in [2.24, 2.45) is 0 Å². The molecular formula is C31H54O10. The van der Waals surface area contributed by atoms with Crippen molar-refractivity contribution >= 4 is 11.9 Å². The molecule has 1 aliphatic rings. The molecule has 41 heavy (non-hydrogen) atoms. The summed E-state index contributed by atoms with van der Waals surface area (Å²) in [7, 11) is 0. The fourth-order valence-electron chi connectivity index (χ4n) is 4.45. The van der Waals surface area contributed by atoms with Crippen LogP contribution in [-0.2, 0) is 28.5 Å². The van der Waals surface area contributed by atoms with Crippen molar-refractivity contribution in [3.63, 3.8) is 0 Å². The molecule has 1 aliphatic heterocycles. The third-order valence-electron chi connectivity index (χ3n) is 6.98. The molecule has 0 radical (unpaired) electrons. The molecule has 0 aromatic heterocycles. The Morgan fingerprint density at radius 3 is 2.12 bits per heavy atom. The molecule has 1 heterocycles. The summed E-state index contributed by atoms with van der Waals surface area (Å²) in [5, 5.41) is 39.6. The van der Waals surface area contributed by atoms with E-state index in [0.29, 0.717) is 6.42 Å². The molecule has 0 spiro atoms. The first-order valence-corrected chi connectivity index (χ1v) is 15.4. The Morgan fingerprint density at radius 1 is 0.829 bits per heavy atom. The number of ether oxygens (including phenoxy) is 4. The lowest BCUT2D eigenvalue weighted by molar-refractivity contribution is -0.305. The second-order valence-corrected chi connectivity index (χ2v) is 10.6. The van der Waals surface area contributed by atoms with Gasteiger partial charge in [0.05, 0.1) is 13.2 Å². The van der Waals surface area contributed by atoms with Crippen molar-refractivity contribution in [2.75, 3.05) is 19.8 Å². The van der Waals surface area contributed by atoms with Gasteiger partial charge in [0.2, 0.25) is 0 Å². The number of hydrogen-bond donors (Lipinski definition) is 4. The average Bonchev–Trinajstić information content (AvgIpc) is 2.96. The van der Waals surface area contributed by atoms with Gasteiger partial charge in [-0.15, -0.1) is 6.58 Å². The van der Waals surface area contributed by atoms with E-state index in [2.05, 4.69) is 25.7 Å². The molecule has 238 valence electrons. The molecule has 0 aromatic rings. The van der Waals surface area contributed by atoms with E-state index in [1.807, 2.05) is 6.08 Å². The first-order valence-electron chi connectivity index (χ1n) is 15.4. The summed E-state index contributed by atoms with van der Waals surface area (Å²) in [6.45, 7) is 4.74. The van der Waals surface area contributed by atoms with Crippen molar-refractivity contribution in [1.29, 1.82) is 0 Å². The number of aliphatic hydroxyl groups is 4. The van der Waals surface area contributed by atoms with E-state index in [-0.39, 0.29) is 26.1 Å². The zero-order valence-corrected chi connectivity index (χ0v) is 24.9. The van der Waals surface area contributed by atoms with Crippen LogP contribution in [0.25, 0.3) is 0 Å². The Balaban J connectivity index is 2.50. The molecular weight excluding hydrogens is 532 g/mol. The van der Waals surface area contributed by atoms with Gasteiger partial charge in [-0.2, -0.15) is 0 Å². The van der Waals surface area contributed by atoms with Gasteiger partial charge >= 0.3 is 11.9 Å². The molecule has 4 N–H and O–H groups in total. The van der Waals surface area contributed by atoms with Gasteiger partial charge in [0.15, 0.2) is 12.4 Å². The maximum Gasteiger partial charge on any atom is 0.306 e. The third kappa shape index (κ3) is 17.0. The van der Waals surface area contributed by atoms with Crippen LogP contribution in [0.4, 0.5) is 0 Å². The molecule has 0 unspecified atom stereocenters. The Kier molecular flexibility index (Phi) is 21.5. The van der Waals surface area contributed by atoms with Crippen molar-refractivity contribution in [3.05, 3.63) is 24.8 Å². The minimum absolute atomic E-state index is 0.210. The van der Waals surface area contributed by atoms with Crippen LogP contribution in [0.5, 0.6) is 0 Å². The van der Waals surface area contributed by atoms with Gasteiger partial charge in [-0.3, -0.25) is 9.59 Å². The summed E-state index contributed by atoms with van der Waals surface area (Å²) < 4.78 is 21.8. The van der Waals surface area contributed by atoms with E-state index in [0.717, 1.165) is 70.6 Å². The smallest absolute Gasteiger partial charge is 0.306 e. The molecule has 1 rings (SSSR count). The number of unbranched alkanes of at least 4 members (excludes halogenated alkanes) is 10. The molecule has 0 saturated carbocycles. The van der Waals surface area contributed by atoms with Gasteiger partial charge in [0.25, 0.3) is 0 Å². The maximum atomic E-state index is 12.5. The SMILES string of the molecule is C=CC/C=C/CCCCCCCC(=O)O[C@H](COC(=O)CCCCCCCC)CO[C@@H]1O[C@H](CO)[C@H](O)[C@H](O)[C@H]1O. The van der Waals surface area contributed by atoms with Crippen molar-refractivity contribution in [2.45, 2.75) is 140 Å². The summed E-state index contributed by atoms with van der Waals surface area (Å²) in [5.41, 5.74) is 0. The number of aliphatic hydroxyl groups excluding tert-OH is 4. The predicted octanol–water partition coefficient (Wildman–Crippen LogP) is 3.87. The lowest BCUT2D eigenvalue weighted by Crippen LogP contribution is -2.59. The van der Waals surface area contributed by atoms with Crippen LogP contribution in [0.15, 0.2) is 24.8 Å². The fourth-order valence-corrected chi connectivity index (χ4v) is 4.45. The van der Waals surface area contributed by atoms with Gasteiger partial charge in [0.1, 0.15) is 31.0 Å². The molecule has 1 fully saturated rings. The highest BCUT2D eigenvalue weighted by atomic mass is 16.7. The maximum absolute atomic E-state index is 12.5. The molecule has 6 atom stereocenters. The van der Waals surface area contributed by atoms with Crippen LogP contribution in [-0.4, -0.2) is 89.0 Å². The summed E-state index contributed by atoms with van der Waals surface area (Å²) in [4.78, 5) is 24.8. The topological polar surface area (TPSA) is 152 Å². The molecule has 0 bridgehead atoms. The van der Waals surface area contributed by atoms with Gasteiger partial charge in [-0.1, -0.05) is 76.5 Å². The molecule has 1 saturated heterocycles. The Bertz CT molecular complexity index is 726. The van der Waals surface area contributed by atoms with Crippen LogP contribution in [0.3, 0.4) is 0 Å². The van der Waals surface area contributed by atoms with E-state index < -0.39 is 55.4 Å². The summed E-state index contributed by atoms with van der Waals surface area (Å²) in [6, 6.07) is 0. The molecule has 0 amide bonds. The molecule has 10 nitrogen and oxygen atoms in total. The van der Waals surface area contributed by atoms with Crippen LogP contribution in [0.2, 0.25) is 0 Å².